The molecule has 1 aliphatic heterocycles. The Balaban J connectivity index is 1.73. The van der Waals surface area contributed by atoms with E-state index < -0.39 is 0 Å². The standard InChI is InChI=1S/C20H22N4O/c1-13-7-8-16(9-14(13)2)19-11-18(23-20-21-12-22-24(19)20)15-5-4-6-17(10-15)25-3/h4-10,12,18-19H,11H2,1-3H3,(H,21,22,23). The number of aromatic nitrogens is 3. The van der Waals surface area contributed by atoms with Crippen molar-refractivity contribution >= 4 is 5.95 Å². The molecule has 0 amide bonds. The van der Waals surface area contributed by atoms with Crippen LogP contribution in [-0.4, -0.2) is 21.9 Å². The van der Waals surface area contributed by atoms with Gasteiger partial charge in [0, 0.05) is 0 Å². The van der Waals surface area contributed by atoms with Crippen LogP contribution in [0.15, 0.2) is 48.8 Å². The third-order valence-electron chi connectivity index (χ3n) is 5.04. The Morgan fingerprint density at radius 3 is 2.76 bits per heavy atom. The molecule has 128 valence electrons. The minimum absolute atomic E-state index is 0.161. The van der Waals surface area contributed by atoms with Crippen LogP contribution in [0.25, 0.3) is 0 Å². The molecule has 2 heterocycles. The fourth-order valence-corrected chi connectivity index (χ4v) is 3.45. The van der Waals surface area contributed by atoms with E-state index in [1.165, 1.54) is 22.3 Å². The van der Waals surface area contributed by atoms with Crippen LogP contribution in [0.5, 0.6) is 5.75 Å². The topological polar surface area (TPSA) is 52.0 Å². The van der Waals surface area contributed by atoms with Crippen LogP contribution in [0.4, 0.5) is 5.95 Å². The highest BCUT2D eigenvalue weighted by Gasteiger charge is 2.30. The molecule has 2 atom stereocenters. The zero-order valence-corrected chi connectivity index (χ0v) is 14.7. The summed E-state index contributed by atoms with van der Waals surface area (Å²) in [4.78, 5) is 4.40. The molecule has 1 N–H and O–H groups in total. The maximum absolute atomic E-state index is 5.38. The number of ether oxygens (including phenoxy) is 1. The molecule has 25 heavy (non-hydrogen) atoms. The van der Waals surface area contributed by atoms with Crippen LogP contribution < -0.4 is 10.1 Å². The highest BCUT2D eigenvalue weighted by molar-refractivity contribution is 5.41. The molecule has 0 aliphatic carbocycles. The van der Waals surface area contributed by atoms with E-state index in [0.717, 1.165) is 18.1 Å². The van der Waals surface area contributed by atoms with Gasteiger partial charge in [0.25, 0.3) is 0 Å². The molecule has 1 aliphatic rings. The molecule has 2 unspecified atom stereocenters. The molecule has 1 aromatic heterocycles. The van der Waals surface area contributed by atoms with Crippen LogP contribution in [0.3, 0.4) is 0 Å². The molecular formula is C20H22N4O. The molecular weight excluding hydrogens is 312 g/mol. The molecule has 0 fully saturated rings. The van der Waals surface area contributed by atoms with E-state index in [9.17, 15) is 0 Å². The molecule has 0 radical (unpaired) electrons. The average Bonchev–Trinajstić information content (AvgIpc) is 3.12. The monoisotopic (exact) mass is 334 g/mol. The summed E-state index contributed by atoms with van der Waals surface area (Å²) in [7, 11) is 1.70. The van der Waals surface area contributed by atoms with Crippen molar-refractivity contribution in [2.45, 2.75) is 32.4 Å². The number of hydrogen-bond donors (Lipinski definition) is 1. The van der Waals surface area contributed by atoms with Gasteiger partial charge in [0.15, 0.2) is 0 Å². The summed E-state index contributed by atoms with van der Waals surface area (Å²) in [5.41, 5.74) is 5.07. The zero-order chi connectivity index (χ0) is 17.4. The lowest BCUT2D eigenvalue weighted by molar-refractivity contribution is 0.410. The third kappa shape index (κ3) is 2.86. The summed E-state index contributed by atoms with van der Waals surface area (Å²) < 4.78 is 7.37. The summed E-state index contributed by atoms with van der Waals surface area (Å²) in [6.07, 6.45) is 2.52. The minimum Gasteiger partial charge on any atom is -0.497 e. The predicted molar refractivity (Wildman–Crippen MR) is 98.1 cm³/mol. The number of methoxy groups -OCH3 is 1. The fraction of sp³-hybridized carbons (Fsp3) is 0.300. The van der Waals surface area contributed by atoms with Gasteiger partial charge in [-0.2, -0.15) is 10.1 Å². The van der Waals surface area contributed by atoms with Gasteiger partial charge in [-0.25, -0.2) is 4.68 Å². The van der Waals surface area contributed by atoms with Crippen molar-refractivity contribution in [1.29, 1.82) is 0 Å². The van der Waals surface area contributed by atoms with Crippen LogP contribution in [0.1, 0.15) is 40.8 Å². The largest absolute Gasteiger partial charge is 0.497 e. The quantitative estimate of drug-likeness (QED) is 0.785. The molecule has 4 rings (SSSR count). The Bertz CT molecular complexity index is 902. The highest BCUT2D eigenvalue weighted by atomic mass is 16.5. The van der Waals surface area contributed by atoms with Crippen molar-refractivity contribution in [2.24, 2.45) is 0 Å². The summed E-state index contributed by atoms with van der Waals surface area (Å²) in [5.74, 6) is 1.68. The maximum atomic E-state index is 5.38. The van der Waals surface area contributed by atoms with Crippen LogP contribution >= 0.6 is 0 Å². The molecule has 0 spiro atoms. The Labute approximate surface area is 147 Å². The van der Waals surface area contributed by atoms with Crippen molar-refractivity contribution in [2.75, 3.05) is 12.4 Å². The van der Waals surface area contributed by atoms with Gasteiger partial charge in [0.05, 0.1) is 19.2 Å². The first-order valence-electron chi connectivity index (χ1n) is 8.53. The van der Waals surface area contributed by atoms with E-state index in [1.54, 1.807) is 13.4 Å². The van der Waals surface area contributed by atoms with Gasteiger partial charge in [-0.3, -0.25) is 0 Å². The lowest BCUT2D eigenvalue weighted by Gasteiger charge is -2.32. The number of benzene rings is 2. The molecule has 3 aromatic rings. The van der Waals surface area contributed by atoms with Crippen LogP contribution in [-0.2, 0) is 0 Å². The number of anilines is 1. The Hall–Kier alpha value is -2.82. The van der Waals surface area contributed by atoms with Gasteiger partial charge in [-0.1, -0.05) is 30.3 Å². The van der Waals surface area contributed by atoms with Crippen molar-refractivity contribution in [3.63, 3.8) is 0 Å². The number of aryl methyl sites for hydroxylation is 2. The Morgan fingerprint density at radius 1 is 1.08 bits per heavy atom. The molecule has 0 bridgehead atoms. The van der Waals surface area contributed by atoms with Gasteiger partial charge in [0.2, 0.25) is 5.95 Å². The molecule has 5 nitrogen and oxygen atoms in total. The lowest BCUT2D eigenvalue weighted by atomic mass is 9.92. The van der Waals surface area contributed by atoms with E-state index in [2.05, 4.69) is 59.6 Å². The maximum Gasteiger partial charge on any atom is 0.222 e. The SMILES string of the molecule is COc1cccc(C2CC(c3ccc(C)c(C)c3)n3ncnc3N2)c1. The lowest BCUT2D eigenvalue weighted by Crippen LogP contribution is -2.28. The van der Waals surface area contributed by atoms with Crippen LogP contribution in [0, 0.1) is 13.8 Å². The average molecular weight is 334 g/mol. The van der Waals surface area contributed by atoms with Gasteiger partial charge < -0.3 is 10.1 Å². The van der Waals surface area contributed by atoms with Crippen LogP contribution in [0.2, 0.25) is 0 Å². The summed E-state index contributed by atoms with van der Waals surface area (Å²) in [5, 5.41) is 7.95. The first-order chi connectivity index (χ1) is 12.2. The fourth-order valence-electron chi connectivity index (χ4n) is 3.45. The minimum atomic E-state index is 0.161. The van der Waals surface area contributed by atoms with Crippen molar-refractivity contribution in [3.8, 4) is 5.75 Å². The number of fused-ring (bicyclic) bond motifs is 1. The number of hydrogen-bond acceptors (Lipinski definition) is 4. The highest BCUT2D eigenvalue weighted by Crippen LogP contribution is 2.38. The normalized spacial score (nSPS) is 19.2. The molecule has 5 heteroatoms. The molecule has 0 saturated carbocycles. The second-order valence-electron chi connectivity index (χ2n) is 6.60. The number of rotatable bonds is 3. The molecule has 0 saturated heterocycles. The van der Waals surface area contributed by atoms with Gasteiger partial charge in [0.1, 0.15) is 12.1 Å². The second kappa shape index (κ2) is 6.24. The predicted octanol–water partition coefficient (Wildman–Crippen LogP) is 4.05. The second-order valence-corrected chi connectivity index (χ2v) is 6.60. The number of nitrogens with zero attached hydrogens (tertiary/aromatic N) is 3. The van der Waals surface area contributed by atoms with Crippen molar-refractivity contribution < 1.29 is 4.74 Å². The number of nitrogens with one attached hydrogen (secondary N) is 1. The zero-order valence-electron chi connectivity index (χ0n) is 14.7. The summed E-state index contributed by atoms with van der Waals surface area (Å²) in [6, 6.07) is 15.2. The van der Waals surface area contributed by atoms with E-state index in [0.29, 0.717) is 0 Å². The van der Waals surface area contributed by atoms with Crippen molar-refractivity contribution in [1.82, 2.24) is 14.8 Å². The van der Waals surface area contributed by atoms with Gasteiger partial charge >= 0.3 is 0 Å². The first-order valence-corrected chi connectivity index (χ1v) is 8.53. The summed E-state index contributed by atoms with van der Waals surface area (Å²) >= 11 is 0. The van der Waals surface area contributed by atoms with Gasteiger partial charge in [-0.15, -0.1) is 0 Å². The van der Waals surface area contributed by atoms with E-state index in [1.807, 2.05) is 16.8 Å². The smallest absolute Gasteiger partial charge is 0.222 e. The van der Waals surface area contributed by atoms with E-state index in [4.69, 9.17) is 4.74 Å². The Morgan fingerprint density at radius 2 is 1.96 bits per heavy atom. The van der Waals surface area contributed by atoms with Crippen molar-refractivity contribution in [3.05, 3.63) is 71.0 Å². The third-order valence-corrected chi connectivity index (χ3v) is 5.04. The van der Waals surface area contributed by atoms with Gasteiger partial charge in [-0.05, 0) is 54.7 Å². The summed E-state index contributed by atoms with van der Waals surface area (Å²) in [6.45, 7) is 4.29. The van der Waals surface area contributed by atoms with E-state index >= 15 is 0 Å². The molecule has 2 aromatic carbocycles. The van der Waals surface area contributed by atoms with E-state index in [-0.39, 0.29) is 12.1 Å². The first kappa shape index (κ1) is 15.7. The Kier molecular flexibility index (Phi) is 3.92.